The molecule has 0 aromatic heterocycles. The van der Waals surface area contributed by atoms with Crippen LogP contribution in [0, 0.1) is 11.8 Å². The molecule has 1 saturated carbocycles. The lowest BCUT2D eigenvalue weighted by Gasteiger charge is -2.22. The van der Waals surface area contributed by atoms with Gasteiger partial charge in [0.15, 0.2) is 0 Å². The minimum Gasteiger partial charge on any atom is -0.319 e. The average molecular weight is 169 g/mol. The van der Waals surface area contributed by atoms with Crippen molar-refractivity contribution in [2.75, 3.05) is 13.6 Å². The highest BCUT2D eigenvalue weighted by molar-refractivity contribution is 4.67. The topological polar surface area (TPSA) is 12.0 Å². The molecule has 0 radical (unpaired) electrons. The highest BCUT2D eigenvalue weighted by Crippen LogP contribution is 2.25. The summed E-state index contributed by atoms with van der Waals surface area (Å²) in [4.78, 5) is 0. The zero-order valence-electron chi connectivity index (χ0n) is 8.60. The van der Waals surface area contributed by atoms with E-state index in [1.807, 2.05) is 0 Å². The fourth-order valence-corrected chi connectivity index (χ4v) is 2.29. The van der Waals surface area contributed by atoms with Gasteiger partial charge in [0.1, 0.15) is 0 Å². The molecule has 1 fully saturated rings. The Kier molecular flexibility index (Phi) is 4.67. The van der Waals surface area contributed by atoms with Crippen molar-refractivity contribution in [1.82, 2.24) is 5.32 Å². The highest BCUT2D eigenvalue weighted by atomic mass is 14.8. The van der Waals surface area contributed by atoms with Gasteiger partial charge in [-0.3, -0.25) is 0 Å². The van der Waals surface area contributed by atoms with Crippen molar-refractivity contribution in [1.29, 1.82) is 0 Å². The maximum atomic E-state index is 3.30. The van der Waals surface area contributed by atoms with Crippen LogP contribution < -0.4 is 5.32 Å². The minimum atomic E-state index is 0.961. The molecule has 12 heavy (non-hydrogen) atoms. The van der Waals surface area contributed by atoms with Crippen molar-refractivity contribution in [3.8, 4) is 0 Å². The fourth-order valence-electron chi connectivity index (χ4n) is 2.29. The zero-order valence-corrected chi connectivity index (χ0v) is 8.60. The predicted octanol–water partition coefficient (Wildman–Crippen LogP) is 2.81. The van der Waals surface area contributed by atoms with E-state index in [9.17, 15) is 0 Å². The SMILES string of the molecule is CNCC1CCCC(C)CCC1. The smallest absolute Gasteiger partial charge is 0.00235 e. The zero-order chi connectivity index (χ0) is 8.81. The van der Waals surface area contributed by atoms with E-state index in [1.165, 1.54) is 45.1 Å². The van der Waals surface area contributed by atoms with Crippen LogP contribution in [0.15, 0.2) is 0 Å². The number of rotatable bonds is 2. The first-order chi connectivity index (χ1) is 5.83. The summed E-state index contributed by atoms with van der Waals surface area (Å²) < 4.78 is 0. The highest BCUT2D eigenvalue weighted by Gasteiger charge is 2.13. The van der Waals surface area contributed by atoms with Gasteiger partial charge in [0, 0.05) is 0 Å². The normalized spacial score (nSPS) is 32.5. The molecule has 0 aromatic rings. The van der Waals surface area contributed by atoms with Gasteiger partial charge in [-0.05, 0) is 38.3 Å². The molecule has 0 aliphatic heterocycles. The standard InChI is InChI=1S/C11H23N/c1-10-5-3-7-11(9-12-2)8-4-6-10/h10-12H,3-9H2,1-2H3. The average Bonchev–Trinajstić information content (AvgIpc) is 2.00. The molecule has 0 unspecified atom stereocenters. The van der Waals surface area contributed by atoms with E-state index in [2.05, 4.69) is 19.3 Å². The van der Waals surface area contributed by atoms with Gasteiger partial charge in [-0.2, -0.15) is 0 Å². The predicted molar refractivity (Wildman–Crippen MR) is 54.3 cm³/mol. The van der Waals surface area contributed by atoms with Gasteiger partial charge in [0.05, 0.1) is 0 Å². The Bertz CT molecular complexity index is 102. The summed E-state index contributed by atoms with van der Waals surface area (Å²) >= 11 is 0. The van der Waals surface area contributed by atoms with Gasteiger partial charge in [-0.25, -0.2) is 0 Å². The molecular weight excluding hydrogens is 146 g/mol. The quantitative estimate of drug-likeness (QED) is 0.670. The van der Waals surface area contributed by atoms with Crippen LogP contribution in [0.4, 0.5) is 0 Å². The molecule has 72 valence electrons. The number of nitrogens with one attached hydrogen (secondary N) is 1. The van der Waals surface area contributed by atoms with Crippen LogP contribution >= 0.6 is 0 Å². The van der Waals surface area contributed by atoms with Crippen molar-refractivity contribution in [2.45, 2.75) is 45.4 Å². The molecule has 1 N–H and O–H groups in total. The summed E-state index contributed by atoms with van der Waals surface area (Å²) in [5.41, 5.74) is 0. The van der Waals surface area contributed by atoms with E-state index in [0.29, 0.717) is 0 Å². The second-order valence-corrected chi connectivity index (χ2v) is 4.39. The van der Waals surface area contributed by atoms with Crippen molar-refractivity contribution in [3.05, 3.63) is 0 Å². The lowest BCUT2D eigenvalue weighted by Crippen LogP contribution is -2.20. The van der Waals surface area contributed by atoms with Crippen LogP contribution in [0.1, 0.15) is 45.4 Å². The van der Waals surface area contributed by atoms with Gasteiger partial charge in [-0.15, -0.1) is 0 Å². The van der Waals surface area contributed by atoms with E-state index in [-0.39, 0.29) is 0 Å². The van der Waals surface area contributed by atoms with E-state index in [4.69, 9.17) is 0 Å². The number of hydrogen-bond donors (Lipinski definition) is 1. The third-order valence-corrected chi connectivity index (χ3v) is 3.11. The molecule has 0 spiro atoms. The first-order valence-corrected chi connectivity index (χ1v) is 5.47. The Labute approximate surface area is 76.9 Å². The molecule has 0 atom stereocenters. The maximum Gasteiger partial charge on any atom is -0.00235 e. The van der Waals surface area contributed by atoms with Gasteiger partial charge in [0.2, 0.25) is 0 Å². The monoisotopic (exact) mass is 169 g/mol. The number of hydrogen-bond acceptors (Lipinski definition) is 1. The molecular formula is C11H23N. The molecule has 1 heteroatoms. The molecule has 1 nitrogen and oxygen atoms in total. The van der Waals surface area contributed by atoms with Crippen molar-refractivity contribution >= 4 is 0 Å². The summed E-state index contributed by atoms with van der Waals surface area (Å²) in [5, 5.41) is 3.30. The summed E-state index contributed by atoms with van der Waals surface area (Å²) in [6.45, 7) is 3.63. The Balaban J connectivity index is 2.20. The van der Waals surface area contributed by atoms with E-state index >= 15 is 0 Å². The second-order valence-electron chi connectivity index (χ2n) is 4.39. The van der Waals surface area contributed by atoms with Crippen LogP contribution in [0.2, 0.25) is 0 Å². The Morgan fingerprint density at radius 1 is 1.08 bits per heavy atom. The Hall–Kier alpha value is -0.0400. The van der Waals surface area contributed by atoms with Gasteiger partial charge in [-0.1, -0.05) is 32.6 Å². The van der Waals surface area contributed by atoms with E-state index in [0.717, 1.165) is 11.8 Å². The molecule has 0 heterocycles. The van der Waals surface area contributed by atoms with E-state index < -0.39 is 0 Å². The van der Waals surface area contributed by atoms with Gasteiger partial charge >= 0.3 is 0 Å². The molecule has 1 aliphatic rings. The van der Waals surface area contributed by atoms with Gasteiger partial charge < -0.3 is 5.32 Å². The summed E-state index contributed by atoms with van der Waals surface area (Å²) in [5.74, 6) is 1.95. The van der Waals surface area contributed by atoms with Crippen molar-refractivity contribution < 1.29 is 0 Å². The van der Waals surface area contributed by atoms with Crippen molar-refractivity contribution in [3.63, 3.8) is 0 Å². The lowest BCUT2D eigenvalue weighted by molar-refractivity contribution is 0.325. The fraction of sp³-hybridized carbons (Fsp3) is 1.00. The summed E-state index contributed by atoms with van der Waals surface area (Å²) in [7, 11) is 2.07. The molecule has 1 rings (SSSR count). The Morgan fingerprint density at radius 3 is 2.17 bits per heavy atom. The third kappa shape index (κ3) is 3.57. The van der Waals surface area contributed by atoms with Crippen LogP contribution in [0.25, 0.3) is 0 Å². The molecule has 0 aromatic carbocycles. The lowest BCUT2D eigenvalue weighted by atomic mass is 9.87. The molecule has 1 aliphatic carbocycles. The van der Waals surface area contributed by atoms with Crippen molar-refractivity contribution in [2.24, 2.45) is 11.8 Å². The van der Waals surface area contributed by atoms with Gasteiger partial charge in [0.25, 0.3) is 0 Å². The molecule has 0 amide bonds. The Morgan fingerprint density at radius 2 is 1.67 bits per heavy atom. The van der Waals surface area contributed by atoms with Crippen LogP contribution in [-0.4, -0.2) is 13.6 Å². The maximum absolute atomic E-state index is 3.30. The first-order valence-electron chi connectivity index (χ1n) is 5.47. The minimum absolute atomic E-state index is 0.961. The van der Waals surface area contributed by atoms with Crippen LogP contribution in [-0.2, 0) is 0 Å². The first kappa shape index (κ1) is 10.0. The van der Waals surface area contributed by atoms with Crippen LogP contribution in [0.3, 0.4) is 0 Å². The largest absolute Gasteiger partial charge is 0.319 e. The third-order valence-electron chi connectivity index (χ3n) is 3.11. The summed E-state index contributed by atoms with van der Waals surface area (Å²) in [6, 6.07) is 0. The van der Waals surface area contributed by atoms with E-state index in [1.54, 1.807) is 0 Å². The molecule has 0 bridgehead atoms. The summed E-state index contributed by atoms with van der Waals surface area (Å²) in [6.07, 6.45) is 8.72. The molecule has 0 saturated heterocycles. The second kappa shape index (κ2) is 5.58. The van der Waals surface area contributed by atoms with Crippen LogP contribution in [0.5, 0.6) is 0 Å².